The number of carbonyl (C=O) groups excluding carboxylic acids is 1. The molecule has 0 fully saturated rings. The van der Waals surface area contributed by atoms with Crippen molar-refractivity contribution in [2.24, 2.45) is 5.92 Å². The summed E-state index contributed by atoms with van der Waals surface area (Å²) < 4.78 is 14.5. The summed E-state index contributed by atoms with van der Waals surface area (Å²) in [6, 6.07) is 4.80. The van der Waals surface area contributed by atoms with Gasteiger partial charge in [0.25, 0.3) is 0 Å². The molecule has 2 nitrogen and oxygen atoms in total. The Morgan fingerprint density at radius 2 is 2.11 bits per heavy atom. The minimum atomic E-state index is -0.270. The van der Waals surface area contributed by atoms with Crippen LogP contribution in [0.15, 0.2) is 22.7 Å². The maximum Gasteiger partial charge on any atom is 0.225 e. The molecule has 1 aromatic rings. The van der Waals surface area contributed by atoms with Gasteiger partial charge in [-0.05, 0) is 31.5 Å². The number of hydrogen-bond acceptors (Lipinski definition) is 1. The van der Waals surface area contributed by atoms with Gasteiger partial charge in [0.1, 0.15) is 5.82 Å². The zero-order valence-corrected chi connectivity index (χ0v) is 12.6. The lowest BCUT2D eigenvalue weighted by Crippen LogP contribution is -2.34. The number of benzene rings is 1. The van der Waals surface area contributed by atoms with E-state index in [0.29, 0.717) is 18.7 Å². The maximum atomic E-state index is 13.7. The zero-order chi connectivity index (χ0) is 13.7. The number of amides is 1. The third kappa shape index (κ3) is 3.80. The Morgan fingerprint density at radius 1 is 1.44 bits per heavy atom. The molecule has 0 bridgehead atoms. The maximum absolute atomic E-state index is 13.7. The van der Waals surface area contributed by atoms with Gasteiger partial charge in [0, 0.05) is 29.0 Å². The van der Waals surface area contributed by atoms with Gasteiger partial charge >= 0.3 is 0 Å². The standard InChI is InChI=1S/C14H19BrFNO/c1-4-10(3)14(18)17(5-2)9-11-8-12(15)6-7-13(11)16/h6-8,10H,4-5,9H2,1-3H3. The van der Waals surface area contributed by atoms with E-state index in [1.807, 2.05) is 20.8 Å². The van der Waals surface area contributed by atoms with Crippen LogP contribution in [-0.4, -0.2) is 17.4 Å². The Bertz CT molecular complexity index is 422. The van der Waals surface area contributed by atoms with E-state index in [2.05, 4.69) is 15.9 Å². The second-order valence-corrected chi connectivity index (χ2v) is 5.31. The molecule has 0 radical (unpaired) electrons. The van der Waals surface area contributed by atoms with E-state index in [1.165, 1.54) is 6.07 Å². The number of nitrogens with zero attached hydrogens (tertiary/aromatic N) is 1. The molecule has 0 aliphatic heterocycles. The van der Waals surface area contributed by atoms with Crippen molar-refractivity contribution in [1.29, 1.82) is 0 Å². The lowest BCUT2D eigenvalue weighted by molar-refractivity contribution is -0.135. The summed E-state index contributed by atoms with van der Waals surface area (Å²) in [5.74, 6) is -0.201. The van der Waals surface area contributed by atoms with Crippen molar-refractivity contribution in [3.8, 4) is 0 Å². The van der Waals surface area contributed by atoms with Crippen LogP contribution >= 0.6 is 15.9 Å². The Labute approximate surface area is 116 Å². The van der Waals surface area contributed by atoms with Gasteiger partial charge in [0.2, 0.25) is 5.91 Å². The highest BCUT2D eigenvalue weighted by Crippen LogP contribution is 2.18. The van der Waals surface area contributed by atoms with E-state index in [1.54, 1.807) is 17.0 Å². The van der Waals surface area contributed by atoms with Crippen LogP contribution in [0, 0.1) is 11.7 Å². The van der Waals surface area contributed by atoms with Gasteiger partial charge < -0.3 is 4.90 Å². The van der Waals surface area contributed by atoms with E-state index in [4.69, 9.17) is 0 Å². The quantitative estimate of drug-likeness (QED) is 0.804. The SMILES string of the molecule is CCC(C)C(=O)N(CC)Cc1cc(Br)ccc1F. The van der Waals surface area contributed by atoms with Crippen molar-refractivity contribution in [2.45, 2.75) is 33.7 Å². The fourth-order valence-corrected chi connectivity index (χ4v) is 2.11. The van der Waals surface area contributed by atoms with Gasteiger partial charge in [0.15, 0.2) is 0 Å². The smallest absolute Gasteiger partial charge is 0.225 e. The predicted molar refractivity (Wildman–Crippen MR) is 74.6 cm³/mol. The Kier molecular flexibility index (Phi) is 5.79. The molecule has 1 unspecified atom stereocenters. The highest BCUT2D eigenvalue weighted by molar-refractivity contribution is 9.10. The molecule has 0 aliphatic rings. The van der Waals surface area contributed by atoms with Crippen molar-refractivity contribution < 1.29 is 9.18 Å². The number of hydrogen-bond donors (Lipinski definition) is 0. The second kappa shape index (κ2) is 6.88. The third-order valence-corrected chi connectivity index (χ3v) is 3.59. The van der Waals surface area contributed by atoms with Gasteiger partial charge in [-0.25, -0.2) is 4.39 Å². The number of carbonyl (C=O) groups is 1. The molecule has 0 heterocycles. The van der Waals surface area contributed by atoms with E-state index >= 15 is 0 Å². The van der Waals surface area contributed by atoms with E-state index < -0.39 is 0 Å². The summed E-state index contributed by atoms with van der Waals surface area (Å²) >= 11 is 3.32. The van der Waals surface area contributed by atoms with Crippen LogP contribution in [0.1, 0.15) is 32.8 Å². The molecule has 0 saturated carbocycles. The van der Waals surface area contributed by atoms with Gasteiger partial charge in [-0.15, -0.1) is 0 Å². The van der Waals surface area contributed by atoms with Crippen molar-refractivity contribution >= 4 is 21.8 Å². The first kappa shape index (κ1) is 15.2. The number of rotatable bonds is 5. The summed E-state index contributed by atoms with van der Waals surface area (Å²) in [5, 5.41) is 0. The summed E-state index contributed by atoms with van der Waals surface area (Å²) in [4.78, 5) is 13.8. The van der Waals surface area contributed by atoms with Crippen molar-refractivity contribution in [2.75, 3.05) is 6.54 Å². The summed E-state index contributed by atoms with van der Waals surface area (Å²) in [6.45, 7) is 6.72. The van der Waals surface area contributed by atoms with Crippen LogP contribution < -0.4 is 0 Å². The lowest BCUT2D eigenvalue weighted by atomic mass is 10.1. The van der Waals surface area contributed by atoms with Crippen LogP contribution in [0.4, 0.5) is 4.39 Å². The highest BCUT2D eigenvalue weighted by Gasteiger charge is 2.19. The van der Waals surface area contributed by atoms with Crippen LogP contribution in [0.5, 0.6) is 0 Å². The molecule has 0 aromatic heterocycles. The predicted octanol–water partition coefficient (Wildman–Crippen LogP) is 3.98. The highest BCUT2D eigenvalue weighted by atomic mass is 79.9. The van der Waals surface area contributed by atoms with Gasteiger partial charge in [-0.3, -0.25) is 4.79 Å². The molecule has 100 valence electrons. The topological polar surface area (TPSA) is 20.3 Å². The third-order valence-electron chi connectivity index (χ3n) is 3.10. The molecule has 0 N–H and O–H groups in total. The van der Waals surface area contributed by atoms with E-state index in [9.17, 15) is 9.18 Å². The van der Waals surface area contributed by atoms with Gasteiger partial charge in [-0.1, -0.05) is 29.8 Å². The number of halogens is 2. The Balaban J connectivity index is 2.86. The second-order valence-electron chi connectivity index (χ2n) is 4.40. The minimum absolute atomic E-state index is 0.0137. The van der Waals surface area contributed by atoms with Crippen LogP contribution in [0.25, 0.3) is 0 Å². The molecular formula is C14H19BrFNO. The molecule has 0 aliphatic carbocycles. The molecule has 1 amide bonds. The van der Waals surface area contributed by atoms with Crippen LogP contribution in [-0.2, 0) is 11.3 Å². The fourth-order valence-electron chi connectivity index (χ4n) is 1.70. The first-order valence-corrected chi connectivity index (χ1v) is 7.01. The summed E-state index contributed by atoms with van der Waals surface area (Å²) in [5.41, 5.74) is 0.544. The first-order chi connectivity index (χ1) is 8.49. The van der Waals surface area contributed by atoms with Crippen LogP contribution in [0.3, 0.4) is 0 Å². The molecule has 1 rings (SSSR count). The summed E-state index contributed by atoms with van der Waals surface area (Å²) in [7, 11) is 0. The van der Waals surface area contributed by atoms with Crippen LogP contribution in [0.2, 0.25) is 0 Å². The van der Waals surface area contributed by atoms with Gasteiger partial charge in [-0.2, -0.15) is 0 Å². The lowest BCUT2D eigenvalue weighted by Gasteiger charge is -2.24. The first-order valence-electron chi connectivity index (χ1n) is 6.22. The largest absolute Gasteiger partial charge is 0.338 e. The zero-order valence-electron chi connectivity index (χ0n) is 11.0. The Morgan fingerprint density at radius 3 is 2.67 bits per heavy atom. The minimum Gasteiger partial charge on any atom is -0.338 e. The van der Waals surface area contributed by atoms with E-state index in [-0.39, 0.29) is 17.6 Å². The Hall–Kier alpha value is -0.900. The van der Waals surface area contributed by atoms with Crippen molar-refractivity contribution in [1.82, 2.24) is 4.90 Å². The van der Waals surface area contributed by atoms with Crippen molar-refractivity contribution in [3.05, 3.63) is 34.1 Å². The average molecular weight is 316 g/mol. The normalized spacial score (nSPS) is 12.3. The monoisotopic (exact) mass is 315 g/mol. The fraction of sp³-hybridized carbons (Fsp3) is 0.500. The van der Waals surface area contributed by atoms with Crippen molar-refractivity contribution in [3.63, 3.8) is 0 Å². The summed E-state index contributed by atoms with van der Waals surface area (Å²) in [6.07, 6.45) is 0.802. The van der Waals surface area contributed by atoms with E-state index in [0.717, 1.165) is 10.9 Å². The molecule has 0 spiro atoms. The molecule has 1 aromatic carbocycles. The molecule has 18 heavy (non-hydrogen) atoms. The average Bonchev–Trinajstić information content (AvgIpc) is 2.37. The molecule has 1 atom stereocenters. The van der Waals surface area contributed by atoms with Gasteiger partial charge in [0.05, 0.1) is 0 Å². The molecule has 0 saturated heterocycles. The molecule has 4 heteroatoms. The molecular weight excluding hydrogens is 297 g/mol.